The molecule has 0 aromatic carbocycles. The Morgan fingerprint density at radius 1 is 1.41 bits per heavy atom. The highest BCUT2D eigenvalue weighted by Crippen LogP contribution is 2.30. The Kier molecular flexibility index (Phi) is 3.92. The summed E-state index contributed by atoms with van der Waals surface area (Å²) in [5.74, 6) is -0.930. The summed E-state index contributed by atoms with van der Waals surface area (Å²) in [7, 11) is 2.91. The summed E-state index contributed by atoms with van der Waals surface area (Å²) >= 11 is 5.78. The lowest BCUT2D eigenvalue weighted by atomic mass is 10.4. The van der Waals surface area contributed by atoms with Crippen LogP contribution in [0.1, 0.15) is 5.82 Å². The number of hydrogen-bond donors (Lipinski definition) is 0. The van der Waals surface area contributed by atoms with Gasteiger partial charge in [-0.05, 0) is 11.1 Å². The molecule has 8 heteroatoms. The number of hydrogen-bond acceptors (Lipinski definition) is 1. The van der Waals surface area contributed by atoms with Crippen LogP contribution in [0.15, 0.2) is 12.3 Å². The highest BCUT2D eigenvalue weighted by atomic mass is 127. The summed E-state index contributed by atoms with van der Waals surface area (Å²) in [5.41, 5.74) is 0.599. The van der Waals surface area contributed by atoms with Crippen LogP contribution in [0.2, 0.25) is 5.02 Å². The van der Waals surface area contributed by atoms with Crippen molar-refractivity contribution in [1.82, 2.24) is 9.55 Å². The number of imidazole rings is 1. The first-order chi connectivity index (χ1) is 7.30. The van der Waals surface area contributed by atoms with Crippen LogP contribution in [0.4, 0.5) is 13.2 Å². The number of rotatable bonds is 0. The molecule has 0 saturated carbocycles. The van der Waals surface area contributed by atoms with E-state index in [1.165, 1.54) is 23.9 Å². The van der Waals surface area contributed by atoms with Crippen molar-refractivity contribution < 1.29 is 41.7 Å². The molecule has 0 spiro atoms. The minimum atomic E-state index is -4.47. The van der Waals surface area contributed by atoms with Gasteiger partial charge in [0.2, 0.25) is 0 Å². The number of halogens is 5. The van der Waals surface area contributed by atoms with E-state index in [2.05, 4.69) is 4.98 Å². The Balaban J connectivity index is 0.00000144. The Labute approximate surface area is 117 Å². The number of fused-ring (bicyclic) bond motifs is 1. The molecule has 94 valence electrons. The molecule has 0 aliphatic carbocycles. The largest absolute Gasteiger partial charge is 1.00 e. The van der Waals surface area contributed by atoms with Crippen LogP contribution in [0, 0.1) is 0 Å². The SMILES string of the molecule is Cn1c(C(F)(F)F)nc2c1cc(Cl)c[n+]2C.[I-]. The van der Waals surface area contributed by atoms with Crippen molar-refractivity contribution in [3.05, 3.63) is 23.1 Å². The number of pyridine rings is 1. The second-order valence-electron chi connectivity index (χ2n) is 3.47. The molecule has 0 aliphatic rings. The molecule has 17 heavy (non-hydrogen) atoms. The van der Waals surface area contributed by atoms with Gasteiger partial charge >= 0.3 is 17.6 Å². The number of aromatic nitrogens is 3. The predicted octanol–water partition coefficient (Wildman–Crippen LogP) is -0.926. The molecule has 0 saturated heterocycles. The lowest BCUT2D eigenvalue weighted by molar-refractivity contribution is -0.646. The topological polar surface area (TPSA) is 21.7 Å². The fraction of sp³-hybridized carbons (Fsp3) is 0.333. The fourth-order valence-corrected chi connectivity index (χ4v) is 1.83. The van der Waals surface area contributed by atoms with Crippen molar-refractivity contribution in [2.75, 3.05) is 0 Å². The molecule has 2 heterocycles. The van der Waals surface area contributed by atoms with Crippen molar-refractivity contribution >= 4 is 22.8 Å². The molecule has 0 unspecified atom stereocenters. The van der Waals surface area contributed by atoms with Gasteiger partial charge in [-0.15, -0.1) is 0 Å². The van der Waals surface area contributed by atoms with E-state index in [0.717, 1.165) is 4.57 Å². The Bertz CT molecular complexity index is 565. The second kappa shape index (κ2) is 4.60. The zero-order valence-electron chi connectivity index (χ0n) is 8.89. The highest BCUT2D eigenvalue weighted by molar-refractivity contribution is 6.30. The van der Waals surface area contributed by atoms with Crippen LogP contribution in [0.25, 0.3) is 11.2 Å². The number of aryl methyl sites for hydroxylation is 2. The van der Waals surface area contributed by atoms with Gasteiger partial charge in [0.25, 0.3) is 0 Å². The third kappa shape index (κ3) is 2.49. The van der Waals surface area contributed by atoms with Crippen molar-refractivity contribution in [2.45, 2.75) is 6.18 Å². The molecule has 0 bridgehead atoms. The summed E-state index contributed by atoms with van der Waals surface area (Å²) < 4.78 is 40.2. The molecule has 0 amide bonds. The quantitative estimate of drug-likeness (QED) is 0.430. The molecule has 2 rings (SSSR count). The predicted molar refractivity (Wildman–Crippen MR) is 51.9 cm³/mol. The average molecular weight is 378 g/mol. The van der Waals surface area contributed by atoms with Crippen LogP contribution >= 0.6 is 11.6 Å². The van der Waals surface area contributed by atoms with Gasteiger partial charge in [-0.3, -0.25) is 4.57 Å². The van der Waals surface area contributed by atoms with Crippen LogP contribution in [0.3, 0.4) is 0 Å². The number of alkyl halides is 3. The smallest absolute Gasteiger partial charge is 0.475 e. The van der Waals surface area contributed by atoms with E-state index >= 15 is 0 Å². The molecule has 0 radical (unpaired) electrons. The maximum absolute atomic E-state index is 12.6. The maximum atomic E-state index is 12.6. The first-order valence-corrected chi connectivity index (χ1v) is 4.77. The molecular formula is C9H8ClF3IN3. The Hall–Kier alpha value is -0.570. The third-order valence-corrected chi connectivity index (χ3v) is 2.51. The van der Waals surface area contributed by atoms with E-state index in [9.17, 15) is 13.2 Å². The van der Waals surface area contributed by atoms with Gasteiger partial charge in [0, 0.05) is 7.05 Å². The van der Waals surface area contributed by atoms with E-state index in [-0.39, 0.29) is 29.6 Å². The second-order valence-corrected chi connectivity index (χ2v) is 3.91. The van der Waals surface area contributed by atoms with Crippen LogP contribution in [-0.4, -0.2) is 9.55 Å². The summed E-state index contributed by atoms with van der Waals surface area (Å²) in [4.78, 5) is 3.57. The van der Waals surface area contributed by atoms with Gasteiger partial charge in [0.15, 0.2) is 0 Å². The fourth-order valence-electron chi connectivity index (χ4n) is 1.59. The monoisotopic (exact) mass is 377 g/mol. The van der Waals surface area contributed by atoms with Crippen LogP contribution in [0.5, 0.6) is 0 Å². The molecule has 0 atom stereocenters. The van der Waals surface area contributed by atoms with Gasteiger partial charge in [0.1, 0.15) is 11.7 Å². The van der Waals surface area contributed by atoms with Crippen molar-refractivity contribution in [3.8, 4) is 0 Å². The van der Waals surface area contributed by atoms with Gasteiger partial charge in [-0.1, -0.05) is 11.6 Å². The molecular weight excluding hydrogens is 369 g/mol. The summed E-state index contributed by atoms with van der Waals surface area (Å²) in [6.07, 6.45) is -2.95. The molecule has 2 aromatic rings. The summed E-state index contributed by atoms with van der Waals surface area (Å²) in [6.45, 7) is 0. The van der Waals surface area contributed by atoms with Crippen LogP contribution in [-0.2, 0) is 20.3 Å². The maximum Gasteiger partial charge on any atom is 0.475 e. The van der Waals surface area contributed by atoms with Crippen molar-refractivity contribution in [2.24, 2.45) is 14.1 Å². The van der Waals surface area contributed by atoms with Gasteiger partial charge in [-0.2, -0.15) is 13.2 Å². The van der Waals surface area contributed by atoms with Crippen molar-refractivity contribution in [1.29, 1.82) is 0 Å². The van der Waals surface area contributed by atoms with Gasteiger partial charge < -0.3 is 24.0 Å². The van der Waals surface area contributed by atoms with Gasteiger partial charge in [-0.25, -0.2) is 4.57 Å². The van der Waals surface area contributed by atoms with E-state index in [1.807, 2.05) is 0 Å². The molecule has 2 aromatic heterocycles. The summed E-state index contributed by atoms with van der Waals surface area (Å²) in [5, 5.41) is 0.367. The minimum absolute atomic E-state index is 0. The lowest BCUT2D eigenvalue weighted by Crippen LogP contribution is -3.00. The normalized spacial score (nSPS) is 11.6. The van der Waals surface area contributed by atoms with E-state index in [0.29, 0.717) is 10.5 Å². The lowest BCUT2D eigenvalue weighted by Gasteiger charge is -2.01. The summed E-state index contributed by atoms with van der Waals surface area (Å²) in [6, 6.07) is 1.46. The zero-order chi connectivity index (χ0) is 12.1. The molecule has 0 fully saturated rings. The first kappa shape index (κ1) is 14.5. The van der Waals surface area contributed by atoms with Crippen molar-refractivity contribution in [3.63, 3.8) is 0 Å². The average Bonchev–Trinajstić information content (AvgIpc) is 2.43. The van der Waals surface area contributed by atoms with Crippen LogP contribution < -0.4 is 28.5 Å². The molecule has 0 aliphatic heterocycles. The Morgan fingerprint density at radius 2 is 2.00 bits per heavy atom. The molecule has 3 nitrogen and oxygen atoms in total. The highest BCUT2D eigenvalue weighted by Gasteiger charge is 2.42. The van der Waals surface area contributed by atoms with E-state index in [4.69, 9.17) is 11.6 Å². The third-order valence-electron chi connectivity index (χ3n) is 2.30. The van der Waals surface area contributed by atoms with E-state index in [1.54, 1.807) is 7.05 Å². The first-order valence-electron chi connectivity index (χ1n) is 4.39. The zero-order valence-corrected chi connectivity index (χ0v) is 11.8. The standard InChI is InChI=1S/C9H8ClF3N3.HI/c1-15-4-5(10)3-6-7(15)14-8(16(6)2)9(11,12)13;/h3-4H,1-2H3;1H/q+1;/p-1. The Morgan fingerprint density at radius 3 is 2.53 bits per heavy atom. The molecule has 0 N–H and O–H groups in total. The number of nitrogens with zero attached hydrogens (tertiary/aromatic N) is 3. The minimum Gasteiger partial charge on any atom is -1.00 e. The van der Waals surface area contributed by atoms with E-state index < -0.39 is 12.0 Å². The van der Waals surface area contributed by atoms with Gasteiger partial charge in [0.05, 0.1) is 12.1 Å².